The lowest BCUT2D eigenvalue weighted by Gasteiger charge is -1.95. The summed E-state index contributed by atoms with van der Waals surface area (Å²) in [6.45, 7) is 3.92. The second kappa shape index (κ2) is 8.06. The van der Waals surface area contributed by atoms with Crippen molar-refractivity contribution in [1.82, 2.24) is 5.16 Å². The van der Waals surface area contributed by atoms with Gasteiger partial charge in [-0.25, -0.2) is 0 Å². The lowest BCUT2D eigenvalue weighted by molar-refractivity contribution is 0.408. The summed E-state index contributed by atoms with van der Waals surface area (Å²) in [6.07, 6.45) is 7.82. The lowest BCUT2D eigenvalue weighted by Crippen LogP contribution is -1.80. The largest absolute Gasteiger partial charge is 0.354 e. The molecule has 3 rings (SSSR count). The third-order valence-electron chi connectivity index (χ3n) is 3.67. The minimum atomic E-state index is 0.658. The van der Waals surface area contributed by atoms with Crippen molar-refractivity contribution in [2.45, 2.75) is 13.8 Å². The molecule has 0 fully saturated rings. The molecule has 0 saturated carbocycles. The van der Waals surface area contributed by atoms with Crippen LogP contribution in [0.25, 0.3) is 18.2 Å². The molecule has 1 heterocycles. The molecule has 0 spiro atoms. The molecule has 0 aliphatic carbocycles. The van der Waals surface area contributed by atoms with Crippen molar-refractivity contribution in [2.24, 2.45) is 4.99 Å². The molecule has 3 heteroatoms. The second-order valence-electron chi connectivity index (χ2n) is 5.78. The Morgan fingerprint density at radius 1 is 0.920 bits per heavy atom. The van der Waals surface area contributed by atoms with E-state index in [1.54, 1.807) is 0 Å². The van der Waals surface area contributed by atoms with Crippen LogP contribution >= 0.6 is 0 Å². The van der Waals surface area contributed by atoms with Crippen molar-refractivity contribution in [3.05, 3.63) is 88.8 Å². The lowest BCUT2D eigenvalue weighted by atomic mass is 10.1. The first-order valence-corrected chi connectivity index (χ1v) is 8.19. The number of rotatable bonds is 5. The molecule has 3 nitrogen and oxygen atoms in total. The molecule has 124 valence electrons. The van der Waals surface area contributed by atoms with Crippen LogP contribution in [0.1, 0.15) is 29.5 Å². The topological polar surface area (TPSA) is 38.4 Å². The summed E-state index contributed by atoms with van der Waals surface area (Å²) in [5.74, 6) is 0.658. The van der Waals surface area contributed by atoms with E-state index >= 15 is 0 Å². The third kappa shape index (κ3) is 4.64. The Morgan fingerprint density at radius 3 is 2.24 bits per heavy atom. The third-order valence-corrected chi connectivity index (χ3v) is 3.67. The van der Waals surface area contributed by atoms with Gasteiger partial charge in [-0.2, -0.15) is 0 Å². The fourth-order valence-electron chi connectivity index (χ4n) is 2.40. The van der Waals surface area contributed by atoms with Crippen LogP contribution in [-0.2, 0) is 0 Å². The Kier molecular flexibility index (Phi) is 5.37. The number of aliphatic imine (C=N–C) groups is 1. The summed E-state index contributed by atoms with van der Waals surface area (Å²) in [6, 6.07) is 20.3. The van der Waals surface area contributed by atoms with Gasteiger partial charge in [0.25, 0.3) is 0 Å². The molecule has 0 unspecified atom stereocenters. The van der Waals surface area contributed by atoms with Gasteiger partial charge in [-0.1, -0.05) is 78.0 Å². The molecule has 0 amide bonds. The van der Waals surface area contributed by atoms with Crippen LogP contribution in [0.3, 0.4) is 0 Å². The molecule has 0 aliphatic heterocycles. The van der Waals surface area contributed by atoms with Crippen LogP contribution in [0.15, 0.2) is 75.8 Å². The second-order valence-corrected chi connectivity index (χ2v) is 5.78. The van der Waals surface area contributed by atoms with Crippen molar-refractivity contribution >= 4 is 30.1 Å². The molecule has 0 N–H and O–H groups in total. The number of aromatic nitrogens is 1. The van der Waals surface area contributed by atoms with Gasteiger partial charge >= 0.3 is 0 Å². The summed E-state index contributed by atoms with van der Waals surface area (Å²) in [5, 5.41) is 4.03. The van der Waals surface area contributed by atoms with E-state index in [0.29, 0.717) is 5.76 Å². The van der Waals surface area contributed by atoms with Crippen molar-refractivity contribution < 1.29 is 4.52 Å². The van der Waals surface area contributed by atoms with Gasteiger partial charge in [0.2, 0.25) is 0 Å². The maximum atomic E-state index is 5.40. The quantitative estimate of drug-likeness (QED) is 0.542. The van der Waals surface area contributed by atoms with Gasteiger partial charge in [0.05, 0.1) is 0 Å². The Bertz CT molecular complexity index is 904. The molecule has 1 aromatic heterocycles. The highest BCUT2D eigenvalue weighted by molar-refractivity contribution is 5.87. The van der Waals surface area contributed by atoms with E-state index in [2.05, 4.69) is 28.4 Å². The van der Waals surface area contributed by atoms with Crippen LogP contribution in [0.5, 0.6) is 0 Å². The van der Waals surface area contributed by atoms with Crippen LogP contribution in [0.4, 0.5) is 5.69 Å². The summed E-state index contributed by atoms with van der Waals surface area (Å²) in [4.78, 5) is 4.57. The first-order chi connectivity index (χ1) is 12.2. The predicted octanol–water partition coefficient (Wildman–Crippen LogP) is 5.96. The minimum absolute atomic E-state index is 0.658. The Balaban J connectivity index is 1.80. The first-order valence-electron chi connectivity index (χ1n) is 8.19. The summed E-state index contributed by atoms with van der Waals surface area (Å²) >= 11 is 0. The summed E-state index contributed by atoms with van der Waals surface area (Å²) < 4.78 is 5.40. The zero-order valence-corrected chi connectivity index (χ0v) is 14.4. The number of hydrogen-bond acceptors (Lipinski definition) is 3. The minimum Gasteiger partial charge on any atom is -0.354 e. The highest BCUT2D eigenvalue weighted by atomic mass is 16.5. The van der Waals surface area contributed by atoms with Crippen LogP contribution in [-0.4, -0.2) is 11.4 Å². The summed E-state index contributed by atoms with van der Waals surface area (Å²) in [7, 11) is 0. The first kappa shape index (κ1) is 16.7. The van der Waals surface area contributed by atoms with E-state index in [0.717, 1.165) is 28.1 Å². The SMILES string of the molecule is CC(C=Nc1c(C)noc1C=Cc1ccccc1)=Cc1ccccc1. The average Bonchev–Trinajstić information content (AvgIpc) is 3.00. The van der Waals surface area contributed by atoms with E-state index in [1.165, 1.54) is 0 Å². The van der Waals surface area contributed by atoms with Gasteiger partial charge < -0.3 is 4.52 Å². The smallest absolute Gasteiger partial charge is 0.185 e. The molecule has 0 aliphatic rings. The van der Waals surface area contributed by atoms with E-state index in [1.807, 2.05) is 80.7 Å². The number of aryl methyl sites for hydroxylation is 1. The number of hydrogen-bond donors (Lipinski definition) is 0. The highest BCUT2D eigenvalue weighted by Crippen LogP contribution is 2.25. The molecule has 0 radical (unpaired) electrons. The van der Waals surface area contributed by atoms with Crippen molar-refractivity contribution in [3.8, 4) is 0 Å². The molecule has 3 aromatic rings. The molecule has 0 atom stereocenters. The summed E-state index contributed by atoms with van der Waals surface area (Å²) in [5.41, 5.74) is 4.85. The fraction of sp³-hybridized carbons (Fsp3) is 0.0909. The van der Waals surface area contributed by atoms with Crippen molar-refractivity contribution in [1.29, 1.82) is 0 Å². The number of allylic oxidation sites excluding steroid dienone is 1. The monoisotopic (exact) mass is 328 g/mol. The van der Waals surface area contributed by atoms with Gasteiger partial charge in [0, 0.05) is 6.21 Å². The van der Waals surface area contributed by atoms with Crippen LogP contribution < -0.4 is 0 Å². The van der Waals surface area contributed by atoms with Gasteiger partial charge in [-0.3, -0.25) is 4.99 Å². The molecule has 0 saturated heterocycles. The molecule has 2 aromatic carbocycles. The molecule has 0 bridgehead atoms. The standard InChI is InChI=1S/C22H20N2O/c1-17(15-20-11-7-4-8-12-20)16-23-22-18(2)24-25-21(22)14-13-19-9-5-3-6-10-19/h3-16H,1-2H3. The number of benzene rings is 2. The normalized spacial score (nSPS) is 12.3. The van der Waals surface area contributed by atoms with Crippen LogP contribution in [0, 0.1) is 6.92 Å². The Hall–Kier alpha value is -3.20. The number of nitrogens with zero attached hydrogens (tertiary/aromatic N) is 2. The average molecular weight is 328 g/mol. The highest BCUT2D eigenvalue weighted by Gasteiger charge is 2.08. The Labute approximate surface area is 148 Å². The van der Waals surface area contributed by atoms with Gasteiger partial charge in [-0.15, -0.1) is 0 Å². The zero-order valence-electron chi connectivity index (χ0n) is 14.4. The maximum Gasteiger partial charge on any atom is 0.185 e. The van der Waals surface area contributed by atoms with Crippen molar-refractivity contribution in [3.63, 3.8) is 0 Å². The molecular weight excluding hydrogens is 308 g/mol. The molecular formula is C22H20N2O. The molecule has 25 heavy (non-hydrogen) atoms. The van der Waals surface area contributed by atoms with Crippen molar-refractivity contribution in [2.75, 3.05) is 0 Å². The van der Waals surface area contributed by atoms with E-state index in [9.17, 15) is 0 Å². The van der Waals surface area contributed by atoms with Gasteiger partial charge in [0.15, 0.2) is 5.76 Å². The van der Waals surface area contributed by atoms with Gasteiger partial charge in [-0.05, 0) is 36.6 Å². The van der Waals surface area contributed by atoms with E-state index in [-0.39, 0.29) is 0 Å². The van der Waals surface area contributed by atoms with Gasteiger partial charge in [0.1, 0.15) is 11.4 Å². The fourth-order valence-corrected chi connectivity index (χ4v) is 2.40. The van der Waals surface area contributed by atoms with Crippen LogP contribution in [0.2, 0.25) is 0 Å². The maximum absolute atomic E-state index is 5.40. The zero-order chi connectivity index (χ0) is 17.5. The van der Waals surface area contributed by atoms with E-state index in [4.69, 9.17) is 4.52 Å². The Morgan fingerprint density at radius 2 is 1.56 bits per heavy atom. The predicted molar refractivity (Wildman–Crippen MR) is 105 cm³/mol. The van der Waals surface area contributed by atoms with E-state index < -0.39 is 0 Å².